The first kappa shape index (κ1) is 51.3. The number of hydrogen-bond donors (Lipinski definition) is 6. The van der Waals surface area contributed by atoms with E-state index in [1.807, 2.05) is 54.6 Å². The molecule has 2 aromatic carbocycles. The predicted octanol–water partition coefficient (Wildman–Crippen LogP) is 9.09. The number of rotatable bonds is 8. The first-order valence-corrected chi connectivity index (χ1v) is 20.5. The predicted molar refractivity (Wildman–Crippen MR) is 255 cm³/mol. The molecule has 2 aliphatic heterocycles. The molecule has 2 amide bonds. The lowest BCUT2D eigenvalue weighted by atomic mass is 9.87. The number of aromatic nitrogens is 2. The van der Waals surface area contributed by atoms with E-state index in [4.69, 9.17) is 33.4 Å². The summed E-state index contributed by atoms with van der Waals surface area (Å²) in [6, 6.07) is 18.7. The van der Waals surface area contributed by atoms with Crippen LogP contribution in [-0.2, 0) is 15.6 Å². The highest BCUT2D eigenvalue weighted by Gasteiger charge is 2.22. The van der Waals surface area contributed by atoms with Gasteiger partial charge in [-0.3, -0.25) is 9.97 Å². The molecule has 12 nitrogen and oxygen atoms in total. The lowest BCUT2D eigenvalue weighted by Crippen LogP contribution is -2.38. The molecule has 2 aliphatic rings. The average Bonchev–Trinajstić information content (AvgIpc) is 3.23. The van der Waals surface area contributed by atoms with Gasteiger partial charge in [0.15, 0.2) is 0 Å². The number of isocyanates is 1. The van der Waals surface area contributed by atoms with Crippen LogP contribution in [0, 0.1) is 0 Å². The minimum Gasteiger partial charge on any atom is -0.393 e. The SMILES string of the molecule is CC(C)(C)c1ccc(N=C=O)cc1.CC(C)(C)c1ccc(NC(=O)N2CC=C(c3ncc([C@H](O)CO)cc3Cl)CC2)cc1.I.OC[C@@H](O)c1cnc(C2=CCNCC2)c(Cl)c1. The first-order chi connectivity index (χ1) is 28.4. The van der Waals surface area contributed by atoms with Crippen molar-refractivity contribution >= 4 is 81.8 Å². The van der Waals surface area contributed by atoms with Crippen LogP contribution < -0.4 is 10.6 Å². The number of aliphatic imine (C=N–C) groups is 1. The molecule has 61 heavy (non-hydrogen) atoms. The molecule has 0 saturated heterocycles. The van der Waals surface area contributed by atoms with Gasteiger partial charge in [0, 0.05) is 48.8 Å². The third-order valence-corrected chi connectivity index (χ3v) is 10.5. The lowest BCUT2D eigenvalue weighted by Gasteiger charge is -2.27. The number of aliphatic hydroxyl groups excluding tert-OH is 4. The topological polar surface area (TPSA) is 180 Å². The summed E-state index contributed by atoms with van der Waals surface area (Å²) < 4.78 is 0. The molecule has 4 heterocycles. The molecule has 0 saturated carbocycles. The van der Waals surface area contributed by atoms with E-state index in [0.29, 0.717) is 52.1 Å². The Morgan fingerprint density at radius 1 is 0.820 bits per heavy atom. The molecule has 0 spiro atoms. The molecule has 328 valence electrons. The summed E-state index contributed by atoms with van der Waals surface area (Å²) in [5.74, 6) is 0. The number of urea groups is 1. The Morgan fingerprint density at radius 3 is 1.70 bits per heavy atom. The molecular formula is C46H57Cl2IN6O6. The number of carbonyl (C=O) groups excluding carboxylic acids is 2. The fourth-order valence-electron chi connectivity index (χ4n) is 6.20. The Labute approximate surface area is 385 Å². The largest absolute Gasteiger partial charge is 0.393 e. The van der Waals surface area contributed by atoms with E-state index < -0.39 is 12.2 Å². The van der Waals surface area contributed by atoms with Crippen molar-refractivity contribution in [3.05, 3.63) is 129 Å². The number of nitrogens with zero attached hydrogens (tertiary/aromatic N) is 4. The van der Waals surface area contributed by atoms with Crippen molar-refractivity contribution in [1.82, 2.24) is 20.2 Å². The number of hydrogen-bond acceptors (Lipinski definition) is 10. The normalized spacial score (nSPS) is 14.9. The summed E-state index contributed by atoms with van der Waals surface area (Å²) in [4.78, 5) is 36.4. The summed E-state index contributed by atoms with van der Waals surface area (Å²) in [5.41, 5.74) is 8.59. The van der Waals surface area contributed by atoms with Crippen LogP contribution in [0.2, 0.25) is 10.0 Å². The van der Waals surface area contributed by atoms with E-state index in [1.54, 1.807) is 23.2 Å². The quantitative estimate of drug-likeness (QED) is 0.0571. The Kier molecular flexibility index (Phi) is 20.2. The lowest BCUT2D eigenvalue weighted by molar-refractivity contribution is 0.0953. The summed E-state index contributed by atoms with van der Waals surface area (Å²) in [6.07, 6.45) is 8.22. The Bertz CT molecular complexity index is 2170. The van der Waals surface area contributed by atoms with Gasteiger partial charge in [0.1, 0.15) is 12.2 Å². The maximum atomic E-state index is 12.6. The summed E-state index contributed by atoms with van der Waals surface area (Å²) in [5, 5.41) is 44.2. The van der Waals surface area contributed by atoms with Crippen molar-refractivity contribution in [2.24, 2.45) is 4.99 Å². The second kappa shape index (κ2) is 24.0. The number of anilines is 1. The van der Waals surface area contributed by atoms with Crippen molar-refractivity contribution in [2.75, 3.05) is 44.7 Å². The van der Waals surface area contributed by atoms with Crippen LogP contribution in [0.1, 0.15) is 100 Å². The summed E-state index contributed by atoms with van der Waals surface area (Å²) >= 11 is 12.5. The number of benzene rings is 2. The summed E-state index contributed by atoms with van der Waals surface area (Å²) in [6.45, 7) is 14.9. The second-order valence-electron chi connectivity index (χ2n) is 16.5. The molecule has 2 aromatic heterocycles. The third kappa shape index (κ3) is 15.4. The van der Waals surface area contributed by atoms with Crippen molar-refractivity contribution in [1.29, 1.82) is 0 Å². The van der Waals surface area contributed by atoms with Gasteiger partial charge in [-0.25, -0.2) is 9.59 Å². The number of amides is 2. The van der Waals surface area contributed by atoms with Crippen molar-refractivity contribution in [3.8, 4) is 0 Å². The number of pyridine rings is 2. The molecule has 6 rings (SSSR count). The van der Waals surface area contributed by atoms with E-state index in [9.17, 15) is 19.8 Å². The van der Waals surface area contributed by atoms with E-state index in [0.717, 1.165) is 42.0 Å². The van der Waals surface area contributed by atoms with Gasteiger partial charge in [0.2, 0.25) is 6.08 Å². The highest BCUT2D eigenvalue weighted by atomic mass is 127. The average molecular weight is 988 g/mol. The van der Waals surface area contributed by atoms with Gasteiger partial charge in [-0.1, -0.05) is 101 Å². The Hall–Kier alpha value is -4.02. The number of nitrogens with one attached hydrogen (secondary N) is 2. The third-order valence-electron chi connectivity index (χ3n) is 9.92. The second-order valence-corrected chi connectivity index (χ2v) is 17.3. The fourth-order valence-corrected chi connectivity index (χ4v) is 6.80. The smallest absolute Gasteiger partial charge is 0.322 e. The molecule has 15 heteroatoms. The number of carbonyl (C=O) groups is 1. The molecule has 2 atom stereocenters. The first-order valence-electron chi connectivity index (χ1n) is 19.8. The zero-order chi connectivity index (χ0) is 44.0. The van der Waals surface area contributed by atoms with Gasteiger partial charge in [0.05, 0.1) is 40.3 Å². The van der Waals surface area contributed by atoms with Gasteiger partial charge in [-0.2, -0.15) is 4.99 Å². The highest BCUT2D eigenvalue weighted by Crippen LogP contribution is 2.31. The molecule has 0 radical (unpaired) electrons. The van der Waals surface area contributed by atoms with Crippen molar-refractivity contribution in [3.63, 3.8) is 0 Å². The Morgan fingerprint density at radius 2 is 1.31 bits per heavy atom. The van der Waals surface area contributed by atoms with Gasteiger partial charge in [-0.05, 0) is 88.9 Å². The summed E-state index contributed by atoms with van der Waals surface area (Å²) in [7, 11) is 0. The van der Waals surface area contributed by atoms with Crippen LogP contribution in [-0.4, -0.2) is 86.8 Å². The van der Waals surface area contributed by atoms with Crippen LogP contribution in [0.4, 0.5) is 16.2 Å². The fraction of sp³-hybridized carbons (Fsp3) is 0.391. The Balaban J connectivity index is 0.000000270. The van der Waals surface area contributed by atoms with Crippen LogP contribution in [0.15, 0.2) is 90.2 Å². The van der Waals surface area contributed by atoms with Crippen LogP contribution in [0.25, 0.3) is 11.1 Å². The van der Waals surface area contributed by atoms with Crippen molar-refractivity contribution in [2.45, 2.75) is 77.4 Å². The monoisotopic (exact) mass is 986 g/mol. The van der Waals surface area contributed by atoms with Crippen LogP contribution in [0.3, 0.4) is 0 Å². The van der Waals surface area contributed by atoms with Crippen LogP contribution in [0.5, 0.6) is 0 Å². The molecule has 4 aromatic rings. The van der Waals surface area contributed by atoms with Gasteiger partial charge in [0.25, 0.3) is 0 Å². The van der Waals surface area contributed by atoms with E-state index in [-0.39, 0.29) is 54.1 Å². The standard InChI is InChI=1S/C23H28ClN3O3.C12H15ClN2O2.C11H13NO.HI/c1-23(2,3)17-4-6-18(7-5-17)26-22(30)27-10-8-15(9-11-27)21-19(24)12-16(13-25-21)20(29)14-28;13-10-5-9(11(17)7-16)6-15-12(10)8-1-3-14-4-2-8;1-11(2,3)9-4-6-10(7-5-9)12-8-13;/h4-8,12-13,20,28-29H,9-11,14H2,1-3H3,(H,26,30);1,5-6,11,14,16-17H,2-4,7H2;4-7H,1-3H3;1H/t20-;11-;;/m11../s1. The number of aliphatic hydroxyl groups is 4. The zero-order valence-electron chi connectivity index (χ0n) is 35.5. The maximum absolute atomic E-state index is 12.6. The minimum atomic E-state index is -0.999. The molecule has 0 bridgehead atoms. The maximum Gasteiger partial charge on any atom is 0.322 e. The van der Waals surface area contributed by atoms with E-state index >= 15 is 0 Å². The highest BCUT2D eigenvalue weighted by molar-refractivity contribution is 14.0. The molecule has 0 aliphatic carbocycles. The van der Waals surface area contributed by atoms with E-state index in [2.05, 4.69) is 73.2 Å². The van der Waals surface area contributed by atoms with Crippen molar-refractivity contribution < 1.29 is 30.0 Å². The minimum absolute atomic E-state index is 0. The van der Waals surface area contributed by atoms with E-state index in [1.165, 1.54) is 23.4 Å². The molecule has 0 unspecified atom stereocenters. The molecule has 0 fully saturated rings. The molecule has 6 N–H and O–H groups in total. The van der Waals surface area contributed by atoms with Gasteiger partial charge >= 0.3 is 6.03 Å². The van der Waals surface area contributed by atoms with Crippen LogP contribution >= 0.6 is 47.2 Å². The zero-order valence-corrected chi connectivity index (χ0v) is 39.3. The molecular weight excluding hydrogens is 930 g/mol. The van der Waals surface area contributed by atoms with Gasteiger partial charge in [-0.15, -0.1) is 24.0 Å². The number of halogens is 3. The van der Waals surface area contributed by atoms with Gasteiger partial charge < -0.3 is 36.0 Å².